The molecular weight excluding hydrogens is 462 g/mol. The van der Waals surface area contributed by atoms with Crippen molar-refractivity contribution >= 4 is 40.3 Å². The summed E-state index contributed by atoms with van der Waals surface area (Å²) in [7, 11) is 0. The highest BCUT2D eigenvalue weighted by atomic mass is 16.6. The molecule has 0 aliphatic heterocycles. The number of benzene rings is 3. The molecule has 35 heavy (non-hydrogen) atoms. The molecule has 178 valence electrons. The average molecular weight is 479 g/mol. The highest BCUT2D eigenvalue weighted by Crippen LogP contribution is 2.26. The first-order valence-electron chi connectivity index (χ1n) is 9.88. The minimum Gasteiger partial charge on any atom is -0.321 e. The highest BCUT2D eigenvalue weighted by molar-refractivity contribution is 6.10. The summed E-state index contributed by atoms with van der Waals surface area (Å²) in [6, 6.07) is 10.7. The fourth-order valence-electron chi connectivity index (χ4n) is 3.08. The van der Waals surface area contributed by atoms with Crippen LogP contribution in [0.2, 0.25) is 0 Å². The van der Waals surface area contributed by atoms with Crippen LogP contribution in [0.4, 0.5) is 28.4 Å². The molecular formula is C22H17N5O8. The van der Waals surface area contributed by atoms with Gasteiger partial charge in [0.25, 0.3) is 28.9 Å². The Bertz CT molecular complexity index is 1310. The number of nitrogens with one attached hydrogen (secondary N) is 2. The molecule has 0 saturated heterocycles. The molecule has 0 saturated carbocycles. The minimum absolute atomic E-state index is 0.119. The number of anilines is 2. The zero-order valence-corrected chi connectivity index (χ0v) is 18.3. The van der Waals surface area contributed by atoms with Crippen molar-refractivity contribution in [2.75, 3.05) is 10.6 Å². The predicted octanol–water partition coefficient (Wildman–Crippen LogP) is 4.53. The van der Waals surface area contributed by atoms with Gasteiger partial charge in [0, 0.05) is 47.5 Å². The number of hydrogen-bond donors (Lipinski definition) is 2. The van der Waals surface area contributed by atoms with Gasteiger partial charge in [0.1, 0.15) is 0 Å². The second-order valence-corrected chi connectivity index (χ2v) is 7.45. The Kier molecular flexibility index (Phi) is 6.80. The van der Waals surface area contributed by atoms with Gasteiger partial charge in [0.2, 0.25) is 0 Å². The summed E-state index contributed by atoms with van der Waals surface area (Å²) in [4.78, 5) is 57.0. The molecule has 2 amide bonds. The molecule has 0 unspecified atom stereocenters. The first-order valence-corrected chi connectivity index (χ1v) is 9.88. The van der Waals surface area contributed by atoms with E-state index in [1.165, 1.54) is 24.3 Å². The van der Waals surface area contributed by atoms with E-state index < -0.39 is 32.3 Å². The fraction of sp³-hybridized carbons (Fsp3) is 0.0909. The summed E-state index contributed by atoms with van der Waals surface area (Å²) in [5, 5.41) is 38.4. The third kappa shape index (κ3) is 5.60. The molecule has 3 aromatic carbocycles. The van der Waals surface area contributed by atoms with E-state index in [0.29, 0.717) is 11.1 Å². The second-order valence-electron chi connectivity index (χ2n) is 7.45. The van der Waals surface area contributed by atoms with Crippen molar-refractivity contribution in [1.29, 1.82) is 0 Å². The maximum atomic E-state index is 12.8. The number of carbonyl (C=O) groups is 2. The molecule has 13 heteroatoms. The third-order valence-corrected chi connectivity index (χ3v) is 5.01. The normalized spacial score (nSPS) is 10.3. The van der Waals surface area contributed by atoms with Gasteiger partial charge in [-0.1, -0.05) is 12.1 Å². The summed E-state index contributed by atoms with van der Waals surface area (Å²) in [6.45, 7) is 3.21. The van der Waals surface area contributed by atoms with Crippen molar-refractivity contribution in [3.8, 4) is 0 Å². The van der Waals surface area contributed by atoms with E-state index in [4.69, 9.17) is 0 Å². The lowest BCUT2D eigenvalue weighted by Crippen LogP contribution is -2.17. The van der Waals surface area contributed by atoms with E-state index in [9.17, 15) is 39.9 Å². The third-order valence-electron chi connectivity index (χ3n) is 5.01. The van der Waals surface area contributed by atoms with Crippen LogP contribution in [-0.2, 0) is 0 Å². The van der Waals surface area contributed by atoms with Crippen LogP contribution in [0.3, 0.4) is 0 Å². The maximum Gasteiger partial charge on any atom is 0.271 e. The summed E-state index contributed by atoms with van der Waals surface area (Å²) >= 11 is 0. The Labute approximate surface area is 196 Å². The second kappa shape index (κ2) is 9.74. The number of rotatable bonds is 7. The number of nitro benzene ring substituents is 3. The number of carbonyl (C=O) groups excluding carboxylic acids is 2. The Hall–Kier alpha value is -5.20. The summed E-state index contributed by atoms with van der Waals surface area (Å²) in [5.74, 6) is -1.67. The zero-order chi connectivity index (χ0) is 25.9. The van der Waals surface area contributed by atoms with Crippen LogP contribution in [0.5, 0.6) is 0 Å². The topological polar surface area (TPSA) is 188 Å². The van der Waals surface area contributed by atoms with Crippen molar-refractivity contribution in [2.24, 2.45) is 0 Å². The number of nitro groups is 3. The van der Waals surface area contributed by atoms with Crippen LogP contribution in [0, 0.1) is 44.2 Å². The molecule has 0 aromatic heterocycles. The van der Waals surface area contributed by atoms with Gasteiger partial charge in [-0.2, -0.15) is 0 Å². The van der Waals surface area contributed by atoms with Gasteiger partial charge in [-0.25, -0.2) is 0 Å². The number of amides is 2. The van der Waals surface area contributed by atoms with Crippen molar-refractivity contribution in [3.63, 3.8) is 0 Å². The molecule has 2 N–H and O–H groups in total. The van der Waals surface area contributed by atoms with Crippen LogP contribution < -0.4 is 10.6 Å². The Morgan fingerprint density at radius 2 is 0.971 bits per heavy atom. The van der Waals surface area contributed by atoms with Gasteiger partial charge in [-0.3, -0.25) is 39.9 Å². The molecule has 0 atom stereocenters. The quantitative estimate of drug-likeness (QED) is 0.365. The molecule has 0 aliphatic rings. The van der Waals surface area contributed by atoms with E-state index in [-0.39, 0.29) is 33.9 Å². The predicted molar refractivity (Wildman–Crippen MR) is 125 cm³/mol. The van der Waals surface area contributed by atoms with Gasteiger partial charge in [0.15, 0.2) is 0 Å². The Balaban J connectivity index is 1.95. The monoisotopic (exact) mass is 479 g/mol. The van der Waals surface area contributed by atoms with Crippen molar-refractivity contribution in [3.05, 3.63) is 107 Å². The zero-order valence-electron chi connectivity index (χ0n) is 18.3. The van der Waals surface area contributed by atoms with Gasteiger partial charge in [0.05, 0.1) is 26.1 Å². The van der Waals surface area contributed by atoms with Crippen LogP contribution in [-0.4, -0.2) is 26.6 Å². The molecule has 3 rings (SSSR count). The minimum atomic E-state index is -0.835. The largest absolute Gasteiger partial charge is 0.321 e. The Morgan fingerprint density at radius 3 is 1.31 bits per heavy atom. The molecule has 0 spiro atoms. The SMILES string of the molecule is Cc1ccc([N+](=O)[O-])cc1NC(=O)c1cc(C(=O)Nc2cc([N+](=O)[O-])ccc2C)cc([N+](=O)[O-])c1. The molecule has 13 nitrogen and oxygen atoms in total. The van der Waals surface area contributed by atoms with E-state index >= 15 is 0 Å². The Morgan fingerprint density at radius 1 is 0.600 bits per heavy atom. The van der Waals surface area contributed by atoms with Crippen molar-refractivity contribution in [1.82, 2.24) is 0 Å². The van der Waals surface area contributed by atoms with Gasteiger partial charge in [-0.05, 0) is 31.0 Å². The number of non-ortho nitro benzene ring substituents is 3. The molecule has 0 aliphatic carbocycles. The standard InChI is InChI=1S/C22H17N5O8/c1-12-3-5-16(25(30)31)10-19(12)23-21(28)14-7-15(9-18(8-14)27(34)35)22(29)24-20-11-17(26(32)33)6-4-13(20)2/h3-11H,1-2H3,(H,23,28)(H,24,29). The van der Waals surface area contributed by atoms with Crippen LogP contribution in [0.25, 0.3) is 0 Å². The summed E-state index contributed by atoms with van der Waals surface area (Å²) in [5.41, 5.74) is -0.314. The summed E-state index contributed by atoms with van der Waals surface area (Å²) < 4.78 is 0. The number of hydrogen-bond acceptors (Lipinski definition) is 8. The first kappa shape index (κ1) is 24.4. The molecule has 0 radical (unpaired) electrons. The van der Waals surface area contributed by atoms with Crippen LogP contribution in [0.15, 0.2) is 54.6 Å². The number of aryl methyl sites for hydroxylation is 2. The van der Waals surface area contributed by atoms with Gasteiger partial charge >= 0.3 is 0 Å². The van der Waals surface area contributed by atoms with Gasteiger partial charge < -0.3 is 10.6 Å². The van der Waals surface area contributed by atoms with E-state index in [2.05, 4.69) is 10.6 Å². The smallest absolute Gasteiger partial charge is 0.271 e. The van der Waals surface area contributed by atoms with Crippen LogP contribution >= 0.6 is 0 Å². The number of nitrogens with zero attached hydrogens (tertiary/aromatic N) is 3. The lowest BCUT2D eigenvalue weighted by molar-refractivity contribution is -0.385. The molecule has 0 fully saturated rings. The van der Waals surface area contributed by atoms with Gasteiger partial charge in [-0.15, -0.1) is 0 Å². The lowest BCUT2D eigenvalue weighted by atomic mass is 10.1. The molecule has 3 aromatic rings. The van der Waals surface area contributed by atoms with Crippen LogP contribution in [0.1, 0.15) is 31.8 Å². The molecule has 0 bridgehead atoms. The van der Waals surface area contributed by atoms with E-state index in [1.807, 2.05) is 0 Å². The summed E-state index contributed by atoms with van der Waals surface area (Å²) in [6.07, 6.45) is 0. The highest BCUT2D eigenvalue weighted by Gasteiger charge is 2.20. The maximum absolute atomic E-state index is 12.8. The lowest BCUT2D eigenvalue weighted by Gasteiger charge is -2.11. The van der Waals surface area contributed by atoms with E-state index in [0.717, 1.165) is 30.3 Å². The first-order chi connectivity index (χ1) is 16.5. The average Bonchev–Trinajstić information content (AvgIpc) is 2.81. The van der Waals surface area contributed by atoms with Crippen molar-refractivity contribution < 1.29 is 24.4 Å². The molecule has 0 heterocycles. The van der Waals surface area contributed by atoms with Crippen molar-refractivity contribution in [2.45, 2.75) is 13.8 Å². The van der Waals surface area contributed by atoms with E-state index in [1.54, 1.807) is 13.8 Å². The fourth-order valence-corrected chi connectivity index (χ4v) is 3.08.